The van der Waals surface area contributed by atoms with Crippen LogP contribution >= 0.6 is 0 Å². The van der Waals surface area contributed by atoms with Crippen molar-refractivity contribution < 1.29 is 9.53 Å². The van der Waals surface area contributed by atoms with Gasteiger partial charge in [-0.05, 0) is 25.1 Å². The summed E-state index contributed by atoms with van der Waals surface area (Å²) in [6.45, 7) is 6.76. The average molecular weight is 300 g/mol. The van der Waals surface area contributed by atoms with Crippen molar-refractivity contribution in [2.45, 2.75) is 32.2 Å². The van der Waals surface area contributed by atoms with Gasteiger partial charge >= 0.3 is 0 Å². The molecule has 2 heterocycles. The summed E-state index contributed by atoms with van der Waals surface area (Å²) in [6.07, 6.45) is 1.48. The number of hydrogen-bond donors (Lipinski definition) is 1. The van der Waals surface area contributed by atoms with Gasteiger partial charge in [-0.1, -0.05) is 13.8 Å². The second kappa shape index (κ2) is 5.12. The van der Waals surface area contributed by atoms with Gasteiger partial charge in [-0.3, -0.25) is 9.48 Å². The van der Waals surface area contributed by atoms with E-state index in [0.29, 0.717) is 12.2 Å². The van der Waals surface area contributed by atoms with Crippen molar-refractivity contribution >= 4 is 5.91 Å². The largest absolute Gasteiger partial charge is 0.492 e. The highest BCUT2D eigenvalue weighted by Gasteiger charge is 2.32. The normalized spacial score (nSPS) is 16.7. The van der Waals surface area contributed by atoms with E-state index in [-0.39, 0.29) is 17.4 Å². The zero-order chi connectivity index (χ0) is 15.9. The second-order valence-corrected chi connectivity index (χ2v) is 6.32. The molecule has 6 nitrogen and oxygen atoms in total. The fourth-order valence-corrected chi connectivity index (χ4v) is 2.70. The Morgan fingerprint density at radius 3 is 2.91 bits per heavy atom. The fraction of sp³-hybridized carbons (Fsp3) is 0.438. The maximum Gasteiger partial charge on any atom is 0.251 e. The summed E-state index contributed by atoms with van der Waals surface area (Å²) in [5.41, 5.74) is 1.64. The van der Waals surface area contributed by atoms with E-state index in [1.54, 1.807) is 17.8 Å². The molecule has 1 amide bonds. The van der Waals surface area contributed by atoms with E-state index in [0.717, 1.165) is 17.1 Å². The van der Waals surface area contributed by atoms with Crippen molar-refractivity contribution in [2.75, 3.05) is 6.61 Å². The first-order valence-electron chi connectivity index (χ1n) is 7.30. The smallest absolute Gasteiger partial charge is 0.251 e. The number of benzene rings is 1. The third-order valence-corrected chi connectivity index (χ3v) is 4.04. The van der Waals surface area contributed by atoms with E-state index >= 15 is 0 Å². The summed E-state index contributed by atoms with van der Waals surface area (Å²) in [5.74, 6) is 1.46. The number of hydrogen-bond acceptors (Lipinski definition) is 4. The van der Waals surface area contributed by atoms with Gasteiger partial charge in [0.2, 0.25) is 0 Å². The van der Waals surface area contributed by atoms with Gasteiger partial charge in [0.1, 0.15) is 17.9 Å². The van der Waals surface area contributed by atoms with Gasteiger partial charge in [-0.25, -0.2) is 4.98 Å². The van der Waals surface area contributed by atoms with Crippen molar-refractivity contribution in [1.29, 1.82) is 0 Å². The summed E-state index contributed by atoms with van der Waals surface area (Å²) in [5, 5.41) is 6.98. The number of nitrogens with one attached hydrogen (secondary N) is 1. The Morgan fingerprint density at radius 2 is 2.23 bits per heavy atom. The molecule has 0 bridgehead atoms. The van der Waals surface area contributed by atoms with Crippen molar-refractivity contribution in [3.63, 3.8) is 0 Å². The Hall–Kier alpha value is -2.37. The lowest BCUT2D eigenvalue weighted by atomic mass is 9.86. The van der Waals surface area contributed by atoms with Gasteiger partial charge in [0.15, 0.2) is 0 Å². The lowest BCUT2D eigenvalue weighted by Crippen LogP contribution is -2.28. The summed E-state index contributed by atoms with van der Waals surface area (Å²) < 4.78 is 7.31. The van der Waals surface area contributed by atoms with Gasteiger partial charge < -0.3 is 10.1 Å². The van der Waals surface area contributed by atoms with Crippen LogP contribution in [0.4, 0.5) is 0 Å². The number of nitrogens with zero attached hydrogens (tertiary/aromatic N) is 3. The molecule has 1 N–H and O–H groups in total. The Kier molecular flexibility index (Phi) is 3.39. The molecule has 0 spiro atoms. The molecule has 2 aromatic rings. The molecule has 1 aliphatic rings. The van der Waals surface area contributed by atoms with Gasteiger partial charge in [0.25, 0.3) is 5.91 Å². The molecule has 1 atom stereocenters. The van der Waals surface area contributed by atoms with Gasteiger partial charge in [-0.15, -0.1) is 0 Å². The van der Waals surface area contributed by atoms with Crippen molar-refractivity contribution in [2.24, 2.45) is 7.05 Å². The molecule has 3 rings (SSSR count). The number of aryl methyl sites for hydroxylation is 1. The van der Waals surface area contributed by atoms with Gasteiger partial charge in [-0.2, -0.15) is 5.10 Å². The van der Waals surface area contributed by atoms with Crippen molar-refractivity contribution in [3.8, 4) is 5.75 Å². The summed E-state index contributed by atoms with van der Waals surface area (Å²) in [6, 6.07) is 5.36. The van der Waals surface area contributed by atoms with Crippen LogP contribution in [0.3, 0.4) is 0 Å². The zero-order valence-corrected chi connectivity index (χ0v) is 13.3. The highest BCUT2D eigenvalue weighted by Crippen LogP contribution is 2.38. The highest BCUT2D eigenvalue weighted by molar-refractivity contribution is 5.95. The van der Waals surface area contributed by atoms with Crippen LogP contribution in [0.25, 0.3) is 0 Å². The molecule has 0 saturated heterocycles. The maximum absolute atomic E-state index is 12.5. The molecule has 116 valence electrons. The van der Waals surface area contributed by atoms with E-state index < -0.39 is 0 Å². The minimum atomic E-state index is -0.211. The van der Waals surface area contributed by atoms with Crippen molar-refractivity contribution in [1.82, 2.24) is 20.1 Å². The number of amides is 1. The second-order valence-electron chi connectivity index (χ2n) is 6.32. The van der Waals surface area contributed by atoms with Crippen LogP contribution in [0.15, 0.2) is 24.5 Å². The SMILES string of the molecule is CC(NC(=O)c1ccc2c(c1)C(C)(C)CO2)c1ncnn1C. The number of rotatable bonds is 3. The Morgan fingerprint density at radius 1 is 1.45 bits per heavy atom. The minimum Gasteiger partial charge on any atom is -0.492 e. The fourth-order valence-electron chi connectivity index (χ4n) is 2.70. The van der Waals surface area contributed by atoms with Gasteiger partial charge in [0, 0.05) is 23.6 Å². The van der Waals surface area contributed by atoms with Crippen LogP contribution < -0.4 is 10.1 Å². The van der Waals surface area contributed by atoms with E-state index in [1.807, 2.05) is 19.1 Å². The molecular formula is C16H20N4O2. The van der Waals surface area contributed by atoms with Crippen LogP contribution in [0.1, 0.15) is 48.6 Å². The van der Waals surface area contributed by atoms with Crippen molar-refractivity contribution in [3.05, 3.63) is 41.5 Å². The topological polar surface area (TPSA) is 69.0 Å². The van der Waals surface area contributed by atoms with Crippen LogP contribution in [-0.4, -0.2) is 27.3 Å². The first kappa shape index (κ1) is 14.6. The zero-order valence-electron chi connectivity index (χ0n) is 13.3. The lowest BCUT2D eigenvalue weighted by molar-refractivity contribution is 0.0937. The van der Waals surface area contributed by atoms with E-state index in [4.69, 9.17) is 4.74 Å². The molecule has 0 fully saturated rings. The van der Waals surface area contributed by atoms with Crippen LogP contribution in [-0.2, 0) is 12.5 Å². The molecule has 1 unspecified atom stereocenters. The molecule has 1 aromatic heterocycles. The van der Waals surface area contributed by atoms with Crippen LogP contribution in [0, 0.1) is 0 Å². The first-order valence-corrected chi connectivity index (χ1v) is 7.30. The molecule has 22 heavy (non-hydrogen) atoms. The number of carbonyl (C=O) groups is 1. The minimum absolute atomic E-state index is 0.0686. The quantitative estimate of drug-likeness (QED) is 0.941. The molecule has 0 saturated carbocycles. The number of fused-ring (bicyclic) bond motifs is 1. The summed E-state index contributed by atoms with van der Waals surface area (Å²) in [4.78, 5) is 16.6. The molecular weight excluding hydrogens is 280 g/mol. The lowest BCUT2D eigenvalue weighted by Gasteiger charge is -2.17. The van der Waals surface area contributed by atoms with Gasteiger partial charge in [0.05, 0.1) is 12.6 Å². The summed E-state index contributed by atoms with van der Waals surface area (Å²) >= 11 is 0. The molecule has 6 heteroatoms. The standard InChI is InChI=1S/C16H20N4O2/c1-10(14-17-9-18-20(14)4)19-15(21)11-5-6-13-12(7-11)16(2,3)8-22-13/h5-7,9-10H,8H2,1-4H3,(H,19,21). The molecule has 1 aromatic carbocycles. The molecule has 1 aliphatic heterocycles. The Bertz CT molecular complexity index is 721. The monoisotopic (exact) mass is 300 g/mol. The maximum atomic E-state index is 12.5. The van der Waals surface area contributed by atoms with E-state index in [9.17, 15) is 4.79 Å². The third-order valence-electron chi connectivity index (χ3n) is 4.04. The first-order chi connectivity index (χ1) is 10.4. The number of carbonyl (C=O) groups excluding carboxylic acids is 1. The van der Waals surface area contributed by atoms with E-state index in [1.165, 1.54) is 6.33 Å². The summed E-state index contributed by atoms with van der Waals surface area (Å²) in [7, 11) is 1.81. The average Bonchev–Trinajstić information content (AvgIpc) is 3.02. The van der Waals surface area contributed by atoms with Crippen LogP contribution in [0.5, 0.6) is 5.75 Å². The highest BCUT2D eigenvalue weighted by atomic mass is 16.5. The molecule has 0 radical (unpaired) electrons. The predicted molar refractivity (Wildman–Crippen MR) is 81.8 cm³/mol. The van der Waals surface area contributed by atoms with E-state index in [2.05, 4.69) is 29.2 Å². The predicted octanol–water partition coefficient (Wildman–Crippen LogP) is 1.98. The third kappa shape index (κ3) is 2.45. The Balaban J connectivity index is 1.80. The molecule has 0 aliphatic carbocycles. The Labute approximate surface area is 129 Å². The number of aromatic nitrogens is 3. The number of ether oxygens (including phenoxy) is 1. The van der Waals surface area contributed by atoms with Crippen LogP contribution in [0.2, 0.25) is 0 Å².